The van der Waals surface area contributed by atoms with Crippen molar-refractivity contribution in [1.82, 2.24) is 10.2 Å². The minimum atomic E-state index is -2.88. The highest BCUT2D eigenvalue weighted by Gasteiger charge is 2.53. The minimum absolute atomic E-state index is 0.0531. The minimum Gasteiger partial charge on any atom is -0.375 e. The van der Waals surface area contributed by atoms with Gasteiger partial charge in [-0.3, -0.25) is 19.8 Å². The maximum atomic E-state index is 14.0. The van der Waals surface area contributed by atoms with E-state index >= 15 is 0 Å². The molecule has 0 spiro atoms. The molecule has 2 aliphatic rings. The smallest absolute Gasteiger partial charge is 0.269 e. The van der Waals surface area contributed by atoms with Gasteiger partial charge in [-0.1, -0.05) is 42.5 Å². The van der Waals surface area contributed by atoms with Gasteiger partial charge >= 0.3 is 0 Å². The van der Waals surface area contributed by atoms with Crippen LogP contribution in [0.3, 0.4) is 0 Å². The number of nitro benzene ring substituents is 1. The molecule has 0 radical (unpaired) electrons. The Bertz CT molecular complexity index is 1030. The van der Waals surface area contributed by atoms with Gasteiger partial charge in [0.2, 0.25) is 5.92 Å². The van der Waals surface area contributed by atoms with Crippen LogP contribution in [-0.4, -0.2) is 45.9 Å². The summed E-state index contributed by atoms with van der Waals surface area (Å²) in [5, 5.41) is 25.4. The van der Waals surface area contributed by atoms with Gasteiger partial charge in [-0.2, -0.15) is 0 Å². The van der Waals surface area contributed by atoms with Crippen molar-refractivity contribution in [2.75, 3.05) is 13.1 Å². The van der Waals surface area contributed by atoms with E-state index in [-0.39, 0.29) is 24.6 Å². The zero-order valence-corrected chi connectivity index (χ0v) is 18.8. The largest absolute Gasteiger partial charge is 0.375 e. The molecule has 1 aliphatic carbocycles. The fourth-order valence-corrected chi connectivity index (χ4v) is 5.11. The molecule has 2 N–H and O–H groups in total. The Kier molecular flexibility index (Phi) is 6.95. The lowest BCUT2D eigenvalue weighted by Gasteiger charge is -2.37. The van der Waals surface area contributed by atoms with E-state index in [0.717, 1.165) is 5.56 Å². The van der Waals surface area contributed by atoms with Crippen molar-refractivity contribution in [3.05, 3.63) is 75.8 Å². The highest BCUT2D eigenvalue weighted by molar-refractivity contribution is 5.87. The first kappa shape index (κ1) is 24.2. The van der Waals surface area contributed by atoms with E-state index in [1.165, 1.54) is 6.07 Å². The van der Waals surface area contributed by atoms with Crippen LogP contribution in [0.25, 0.3) is 0 Å². The van der Waals surface area contributed by atoms with Gasteiger partial charge in [-0.25, -0.2) is 8.78 Å². The van der Waals surface area contributed by atoms with E-state index in [4.69, 9.17) is 0 Å². The number of hydrogen-bond donors (Lipinski definition) is 2. The Morgan fingerprint density at radius 3 is 2.47 bits per heavy atom. The first-order valence-corrected chi connectivity index (χ1v) is 11.6. The van der Waals surface area contributed by atoms with E-state index in [0.29, 0.717) is 38.0 Å². The average molecular weight is 474 g/mol. The number of nitrogens with zero attached hydrogens (tertiary/aromatic N) is 2. The summed E-state index contributed by atoms with van der Waals surface area (Å²) in [4.78, 5) is 26.1. The number of aliphatic hydroxyl groups is 1. The molecule has 0 unspecified atom stereocenters. The lowest BCUT2D eigenvalue weighted by atomic mass is 9.79. The summed E-state index contributed by atoms with van der Waals surface area (Å²) in [5.41, 5.74) is -0.783. The van der Waals surface area contributed by atoms with Crippen LogP contribution in [0.2, 0.25) is 0 Å². The highest BCUT2D eigenvalue weighted by Crippen LogP contribution is 2.47. The Morgan fingerprint density at radius 1 is 1.15 bits per heavy atom. The van der Waals surface area contributed by atoms with Crippen LogP contribution in [0.5, 0.6) is 0 Å². The molecule has 182 valence electrons. The summed E-state index contributed by atoms with van der Waals surface area (Å²) in [6.07, 6.45) is 0.482. The van der Waals surface area contributed by atoms with Crippen molar-refractivity contribution in [3.8, 4) is 0 Å². The average Bonchev–Trinajstić information content (AvgIpc) is 3.20. The second-order valence-corrected chi connectivity index (χ2v) is 9.38. The summed E-state index contributed by atoms with van der Waals surface area (Å²) in [6, 6.07) is 14.7. The summed E-state index contributed by atoms with van der Waals surface area (Å²) >= 11 is 0. The number of amides is 1. The van der Waals surface area contributed by atoms with Crippen LogP contribution >= 0.6 is 0 Å². The van der Waals surface area contributed by atoms with Crippen molar-refractivity contribution in [1.29, 1.82) is 0 Å². The number of alkyl halides is 2. The van der Waals surface area contributed by atoms with Gasteiger partial charge in [0.15, 0.2) is 5.60 Å². The van der Waals surface area contributed by atoms with Crippen molar-refractivity contribution in [3.63, 3.8) is 0 Å². The lowest BCUT2D eigenvalue weighted by molar-refractivity contribution is -0.384. The molecule has 7 nitrogen and oxygen atoms in total. The van der Waals surface area contributed by atoms with E-state index in [1.54, 1.807) is 42.5 Å². The van der Waals surface area contributed by atoms with E-state index in [9.17, 15) is 28.8 Å². The summed E-state index contributed by atoms with van der Waals surface area (Å²) in [7, 11) is 0. The van der Waals surface area contributed by atoms with Crippen molar-refractivity contribution < 1.29 is 23.6 Å². The molecule has 2 aromatic carbocycles. The molecular formula is C25H29F2N3O4. The SMILES string of the molecule is O=C(NC1CCN(Cc2cccc([N+](=O)[O-])c2)CC1)[C@](O)(c1ccccc1)[C@@H]1CCC(F)(F)C1. The van der Waals surface area contributed by atoms with E-state index < -0.39 is 34.7 Å². The van der Waals surface area contributed by atoms with Crippen LogP contribution in [0.4, 0.5) is 14.5 Å². The number of halogens is 2. The lowest BCUT2D eigenvalue weighted by Crippen LogP contribution is -2.54. The Morgan fingerprint density at radius 2 is 1.85 bits per heavy atom. The Balaban J connectivity index is 1.39. The predicted molar refractivity (Wildman–Crippen MR) is 122 cm³/mol. The first-order valence-electron chi connectivity index (χ1n) is 11.6. The van der Waals surface area contributed by atoms with Gasteiger partial charge in [0.05, 0.1) is 4.92 Å². The molecule has 2 aromatic rings. The number of piperidine rings is 1. The number of rotatable bonds is 7. The van der Waals surface area contributed by atoms with Crippen molar-refractivity contribution >= 4 is 11.6 Å². The monoisotopic (exact) mass is 473 g/mol. The summed E-state index contributed by atoms with van der Waals surface area (Å²) in [6.45, 7) is 1.89. The number of carbonyl (C=O) groups is 1. The van der Waals surface area contributed by atoms with Crippen molar-refractivity contribution in [2.45, 2.75) is 56.2 Å². The van der Waals surface area contributed by atoms with Crippen LogP contribution in [-0.2, 0) is 16.9 Å². The molecule has 9 heteroatoms. The van der Waals surface area contributed by atoms with E-state index in [1.807, 2.05) is 6.07 Å². The molecular weight excluding hydrogens is 444 g/mol. The molecule has 0 bridgehead atoms. The third kappa shape index (κ3) is 5.26. The molecule has 34 heavy (non-hydrogen) atoms. The van der Waals surface area contributed by atoms with Gasteiger partial charge < -0.3 is 10.4 Å². The fraction of sp³-hybridized carbons (Fsp3) is 0.480. The van der Waals surface area contributed by atoms with Gasteiger partial charge in [-0.15, -0.1) is 0 Å². The molecule has 1 heterocycles. The van der Waals surface area contributed by atoms with Gasteiger partial charge in [0, 0.05) is 56.6 Å². The van der Waals surface area contributed by atoms with E-state index in [2.05, 4.69) is 10.2 Å². The standard InChI is InChI=1S/C25H29F2N3O4/c26-24(27)12-9-20(16-24)25(32,19-6-2-1-3-7-19)23(31)28-21-10-13-29(14-11-21)17-18-5-4-8-22(15-18)30(33)34/h1-8,15,20-21,32H,9-14,16-17H2,(H,28,31)/t20-,25+/m1/s1. The van der Waals surface area contributed by atoms with Gasteiger partial charge in [-0.05, 0) is 30.4 Å². The highest BCUT2D eigenvalue weighted by atomic mass is 19.3. The van der Waals surface area contributed by atoms with Gasteiger partial charge in [0.25, 0.3) is 11.6 Å². The quantitative estimate of drug-likeness (QED) is 0.468. The van der Waals surface area contributed by atoms with Crippen LogP contribution < -0.4 is 5.32 Å². The second-order valence-electron chi connectivity index (χ2n) is 9.38. The van der Waals surface area contributed by atoms with Crippen molar-refractivity contribution in [2.24, 2.45) is 5.92 Å². The number of nitro groups is 1. The van der Waals surface area contributed by atoms with Crippen LogP contribution in [0, 0.1) is 16.0 Å². The normalized spacial score (nSPS) is 22.7. The Labute approximate surface area is 196 Å². The molecule has 1 saturated carbocycles. The second kappa shape index (κ2) is 9.76. The molecule has 2 fully saturated rings. The molecule has 1 saturated heterocycles. The maximum Gasteiger partial charge on any atom is 0.269 e. The number of likely N-dealkylation sites (tertiary alicyclic amines) is 1. The number of nitrogens with one attached hydrogen (secondary N) is 1. The zero-order chi connectivity index (χ0) is 24.3. The fourth-order valence-electron chi connectivity index (χ4n) is 5.11. The first-order chi connectivity index (χ1) is 16.2. The maximum absolute atomic E-state index is 14.0. The topological polar surface area (TPSA) is 95.7 Å². The number of benzene rings is 2. The van der Waals surface area contributed by atoms with Crippen LogP contribution in [0.1, 0.15) is 43.2 Å². The summed E-state index contributed by atoms with van der Waals surface area (Å²) in [5.74, 6) is -4.37. The molecule has 1 aliphatic heterocycles. The predicted octanol–water partition coefficient (Wildman–Crippen LogP) is 4.00. The zero-order valence-electron chi connectivity index (χ0n) is 18.8. The molecule has 4 rings (SSSR count). The molecule has 2 atom stereocenters. The number of carbonyl (C=O) groups excluding carboxylic acids is 1. The number of hydrogen-bond acceptors (Lipinski definition) is 5. The molecule has 1 amide bonds. The van der Waals surface area contributed by atoms with Gasteiger partial charge in [0.1, 0.15) is 0 Å². The Hall–Kier alpha value is -2.91. The summed E-state index contributed by atoms with van der Waals surface area (Å²) < 4.78 is 27.9. The number of non-ortho nitro benzene ring substituents is 1. The third-order valence-electron chi connectivity index (χ3n) is 7.00. The van der Waals surface area contributed by atoms with Crippen LogP contribution in [0.15, 0.2) is 54.6 Å². The third-order valence-corrected chi connectivity index (χ3v) is 7.00. The molecule has 0 aromatic heterocycles.